The summed E-state index contributed by atoms with van der Waals surface area (Å²) in [5.74, 6) is -0.201. The molecule has 0 saturated carbocycles. The number of hydrogen-bond acceptors (Lipinski definition) is 4. The summed E-state index contributed by atoms with van der Waals surface area (Å²) in [5, 5.41) is 13.2. The van der Waals surface area contributed by atoms with Crippen molar-refractivity contribution >= 4 is 5.91 Å². The summed E-state index contributed by atoms with van der Waals surface area (Å²) in [6, 6.07) is 8.36. The van der Waals surface area contributed by atoms with Crippen LogP contribution in [0.5, 0.6) is 0 Å². The number of ether oxygens (including phenoxy) is 1. The zero-order valence-corrected chi connectivity index (χ0v) is 16.3. The lowest BCUT2D eigenvalue weighted by atomic mass is 10.1. The Labute approximate surface area is 164 Å². The zero-order valence-electron chi connectivity index (χ0n) is 16.3. The molecule has 0 bridgehead atoms. The third-order valence-corrected chi connectivity index (χ3v) is 5.22. The Bertz CT molecular complexity index is 870. The summed E-state index contributed by atoms with van der Waals surface area (Å²) < 4.78 is 20.7. The number of morpholine rings is 1. The number of benzene rings is 1. The number of nitriles is 1. The van der Waals surface area contributed by atoms with Crippen molar-refractivity contribution in [2.75, 3.05) is 19.7 Å². The second kappa shape index (κ2) is 8.98. The number of nitrogens with zero attached hydrogens (tertiary/aromatic N) is 4. The fourth-order valence-electron chi connectivity index (χ4n) is 3.61. The molecule has 1 aromatic heterocycles. The van der Waals surface area contributed by atoms with Crippen LogP contribution in [0.25, 0.3) is 0 Å². The van der Waals surface area contributed by atoms with Crippen molar-refractivity contribution in [1.82, 2.24) is 14.7 Å². The first-order valence-electron chi connectivity index (χ1n) is 9.54. The Morgan fingerprint density at radius 1 is 1.36 bits per heavy atom. The van der Waals surface area contributed by atoms with Crippen molar-refractivity contribution in [3.8, 4) is 6.07 Å². The van der Waals surface area contributed by atoms with E-state index in [1.54, 1.807) is 12.1 Å². The molecule has 1 unspecified atom stereocenters. The predicted molar refractivity (Wildman–Crippen MR) is 102 cm³/mol. The van der Waals surface area contributed by atoms with E-state index in [1.165, 1.54) is 12.1 Å². The highest BCUT2D eigenvalue weighted by molar-refractivity contribution is 5.76. The first-order valence-corrected chi connectivity index (χ1v) is 9.54. The molecule has 7 heteroatoms. The Morgan fingerprint density at radius 3 is 2.82 bits per heavy atom. The molecule has 2 aromatic rings. The number of rotatable bonds is 6. The second-order valence-corrected chi connectivity index (χ2v) is 7.03. The summed E-state index contributed by atoms with van der Waals surface area (Å²) >= 11 is 0. The van der Waals surface area contributed by atoms with E-state index in [9.17, 15) is 9.18 Å². The van der Waals surface area contributed by atoms with Crippen molar-refractivity contribution < 1.29 is 13.9 Å². The minimum atomic E-state index is -0.284. The lowest BCUT2D eigenvalue weighted by Crippen LogP contribution is -2.42. The maximum atomic E-state index is 13.1. The summed E-state index contributed by atoms with van der Waals surface area (Å²) in [4.78, 5) is 14.6. The molecule has 0 radical (unpaired) electrons. The van der Waals surface area contributed by atoms with Crippen LogP contribution in [0.1, 0.15) is 41.5 Å². The van der Waals surface area contributed by atoms with Gasteiger partial charge in [0.25, 0.3) is 0 Å². The predicted octanol–water partition coefficient (Wildman–Crippen LogP) is 3.09. The first-order chi connectivity index (χ1) is 13.5. The van der Waals surface area contributed by atoms with Gasteiger partial charge in [-0.25, -0.2) is 4.39 Å². The largest absolute Gasteiger partial charge is 0.370 e. The van der Waals surface area contributed by atoms with Gasteiger partial charge in [-0.2, -0.15) is 10.4 Å². The van der Waals surface area contributed by atoms with Crippen LogP contribution in [-0.4, -0.2) is 40.3 Å². The molecule has 1 atom stereocenters. The van der Waals surface area contributed by atoms with Gasteiger partial charge in [0.2, 0.25) is 5.91 Å². The molecule has 0 N–H and O–H groups in total. The molecule has 1 aliphatic heterocycles. The third kappa shape index (κ3) is 4.57. The number of amides is 1. The van der Waals surface area contributed by atoms with E-state index < -0.39 is 0 Å². The van der Waals surface area contributed by atoms with Gasteiger partial charge in [0.05, 0.1) is 37.9 Å². The van der Waals surface area contributed by atoms with Crippen LogP contribution >= 0.6 is 0 Å². The third-order valence-electron chi connectivity index (χ3n) is 5.22. The van der Waals surface area contributed by atoms with Gasteiger partial charge < -0.3 is 9.64 Å². The van der Waals surface area contributed by atoms with Crippen molar-refractivity contribution in [1.29, 1.82) is 5.26 Å². The van der Waals surface area contributed by atoms with Gasteiger partial charge in [0.1, 0.15) is 11.9 Å². The lowest BCUT2D eigenvalue weighted by Gasteiger charge is -2.33. The molecule has 1 fully saturated rings. The Morgan fingerprint density at radius 2 is 2.11 bits per heavy atom. The molecule has 1 amide bonds. The Kier molecular flexibility index (Phi) is 6.42. The molecule has 6 nitrogen and oxygen atoms in total. The number of carbonyl (C=O) groups is 1. The number of aromatic nitrogens is 2. The highest BCUT2D eigenvalue weighted by Crippen LogP contribution is 2.23. The van der Waals surface area contributed by atoms with E-state index in [1.807, 2.05) is 23.4 Å². The van der Waals surface area contributed by atoms with Crippen LogP contribution in [0, 0.1) is 31.0 Å². The van der Waals surface area contributed by atoms with Crippen molar-refractivity contribution in [2.24, 2.45) is 0 Å². The molecule has 0 spiro atoms. The quantitative estimate of drug-likeness (QED) is 0.767. The fraction of sp³-hybridized carbons (Fsp3) is 0.476. The van der Waals surface area contributed by atoms with Crippen LogP contribution in [0.2, 0.25) is 0 Å². The van der Waals surface area contributed by atoms with Crippen molar-refractivity contribution in [3.05, 3.63) is 52.6 Å². The maximum Gasteiger partial charge on any atom is 0.223 e. The molecule has 28 heavy (non-hydrogen) atoms. The molecule has 2 heterocycles. The zero-order chi connectivity index (χ0) is 20.1. The molecular weight excluding hydrogens is 359 g/mol. The average Bonchev–Trinajstić information content (AvgIpc) is 2.98. The SMILES string of the molecule is Cc1nn(CCC#N)c(C)c1CCC(=O)N1CCOC(c2ccc(F)cc2)C1. The molecule has 1 aromatic carbocycles. The van der Waals surface area contributed by atoms with E-state index >= 15 is 0 Å². The number of carbonyl (C=O) groups excluding carboxylic acids is 1. The van der Waals surface area contributed by atoms with Gasteiger partial charge in [0.15, 0.2) is 0 Å². The molecule has 3 rings (SSSR count). The van der Waals surface area contributed by atoms with Crippen LogP contribution in [0.15, 0.2) is 24.3 Å². The summed E-state index contributed by atoms with van der Waals surface area (Å²) in [5.41, 5.74) is 3.89. The van der Waals surface area contributed by atoms with Gasteiger partial charge in [-0.1, -0.05) is 12.1 Å². The summed E-state index contributed by atoms with van der Waals surface area (Å²) in [6.45, 7) is 6.00. The number of aryl methyl sites for hydroxylation is 2. The smallest absolute Gasteiger partial charge is 0.223 e. The average molecular weight is 384 g/mol. The minimum absolute atomic E-state index is 0.0824. The van der Waals surface area contributed by atoms with Crippen LogP contribution < -0.4 is 0 Å². The Balaban J connectivity index is 1.60. The topological polar surface area (TPSA) is 71.2 Å². The number of hydrogen-bond donors (Lipinski definition) is 0. The minimum Gasteiger partial charge on any atom is -0.370 e. The standard InChI is InChI=1S/C21H25FN4O2/c1-15-19(16(2)26(24-15)11-3-10-23)8-9-21(27)25-12-13-28-20(14-25)17-4-6-18(22)7-5-17/h4-7,20H,3,8-9,11-14H2,1-2H3. The van der Waals surface area contributed by atoms with Gasteiger partial charge in [0, 0.05) is 18.7 Å². The van der Waals surface area contributed by atoms with E-state index in [0.29, 0.717) is 45.5 Å². The van der Waals surface area contributed by atoms with Gasteiger partial charge in [-0.15, -0.1) is 0 Å². The molecule has 1 saturated heterocycles. The molecule has 1 aliphatic rings. The van der Waals surface area contributed by atoms with E-state index in [2.05, 4.69) is 11.2 Å². The van der Waals surface area contributed by atoms with Gasteiger partial charge in [-0.3, -0.25) is 9.48 Å². The number of halogens is 1. The summed E-state index contributed by atoms with van der Waals surface area (Å²) in [6.07, 6.45) is 1.22. The van der Waals surface area contributed by atoms with Crippen LogP contribution in [-0.2, 0) is 22.5 Å². The molecular formula is C21H25FN4O2. The van der Waals surface area contributed by atoms with Crippen LogP contribution in [0.3, 0.4) is 0 Å². The normalized spacial score (nSPS) is 16.8. The molecule has 148 valence electrons. The van der Waals surface area contributed by atoms with Gasteiger partial charge in [-0.05, 0) is 43.5 Å². The van der Waals surface area contributed by atoms with Gasteiger partial charge >= 0.3 is 0 Å². The molecule has 0 aliphatic carbocycles. The first kappa shape index (κ1) is 20.0. The monoisotopic (exact) mass is 384 g/mol. The van der Waals surface area contributed by atoms with Crippen molar-refractivity contribution in [3.63, 3.8) is 0 Å². The second-order valence-electron chi connectivity index (χ2n) is 7.03. The highest BCUT2D eigenvalue weighted by Gasteiger charge is 2.25. The van der Waals surface area contributed by atoms with E-state index in [-0.39, 0.29) is 17.8 Å². The fourth-order valence-corrected chi connectivity index (χ4v) is 3.61. The van der Waals surface area contributed by atoms with E-state index in [0.717, 1.165) is 22.5 Å². The maximum absolute atomic E-state index is 13.1. The highest BCUT2D eigenvalue weighted by atomic mass is 19.1. The Hall–Kier alpha value is -2.72. The van der Waals surface area contributed by atoms with E-state index in [4.69, 9.17) is 10.00 Å². The van der Waals surface area contributed by atoms with Crippen LogP contribution in [0.4, 0.5) is 4.39 Å². The lowest BCUT2D eigenvalue weighted by molar-refractivity contribution is -0.139. The summed E-state index contributed by atoms with van der Waals surface area (Å²) in [7, 11) is 0. The van der Waals surface area contributed by atoms with Crippen molar-refractivity contribution in [2.45, 2.75) is 45.8 Å².